The third kappa shape index (κ3) is 5.51. The molecular weight excluding hydrogens is 470 g/mol. The summed E-state index contributed by atoms with van der Waals surface area (Å²) in [6.07, 6.45) is 7.08. The van der Waals surface area contributed by atoms with Crippen LogP contribution in [-0.2, 0) is 25.8 Å². The van der Waals surface area contributed by atoms with Crippen molar-refractivity contribution in [3.63, 3.8) is 0 Å². The van der Waals surface area contributed by atoms with Crippen LogP contribution in [0, 0.1) is 0 Å². The number of nitrogens with zero attached hydrogens (tertiary/aromatic N) is 5. The first-order valence-electron chi connectivity index (χ1n) is 14.2. The smallest absolute Gasteiger partial charge is 0.257 e. The highest BCUT2D eigenvalue weighted by Crippen LogP contribution is 2.20. The highest BCUT2D eigenvalue weighted by atomic mass is 16.1. The monoisotopic (exact) mass is 507 g/mol. The molecule has 0 bridgehead atoms. The summed E-state index contributed by atoms with van der Waals surface area (Å²) < 4.78 is 1.95. The van der Waals surface area contributed by atoms with E-state index in [0.29, 0.717) is 6.54 Å². The number of piperazine rings is 1. The molecule has 1 fully saturated rings. The Morgan fingerprint density at radius 1 is 0.763 bits per heavy atom. The topological polar surface area (TPSA) is 54.3 Å². The Kier molecular flexibility index (Phi) is 7.49. The third-order valence-corrected chi connectivity index (χ3v) is 8.11. The maximum atomic E-state index is 13.4. The predicted octanol–water partition coefficient (Wildman–Crippen LogP) is 4.86. The van der Waals surface area contributed by atoms with Crippen LogP contribution in [0.1, 0.15) is 48.3 Å². The first-order chi connectivity index (χ1) is 18.7. The molecule has 0 unspecified atom stereocenters. The van der Waals surface area contributed by atoms with Crippen LogP contribution in [0.25, 0.3) is 10.9 Å². The molecule has 0 N–H and O–H groups in total. The number of unbranched alkanes of at least 4 members (excludes halogenated alkanes) is 1. The summed E-state index contributed by atoms with van der Waals surface area (Å²) >= 11 is 0. The minimum atomic E-state index is 0.187. The van der Waals surface area contributed by atoms with Crippen LogP contribution >= 0.6 is 0 Å². The number of benzene rings is 2. The van der Waals surface area contributed by atoms with Gasteiger partial charge >= 0.3 is 0 Å². The Labute approximate surface area is 225 Å². The summed E-state index contributed by atoms with van der Waals surface area (Å²) in [5.74, 6) is 2.05. The Morgan fingerprint density at radius 2 is 1.55 bits per heavy atom. The van der Waals surface area contributed by atoms with Gasteiger partial charge in [-0.05, 0) is 68.8 Å². The van der Waals surface area contributed by atoms with Gasteiger partial charge in [-0.2, -0.15) is 0 Å². The number of fused-ring (bicyclic) bond motifs is 2. The van der Waals surface area contributed by atoms with Crippen molar-refractivity contribution in [1.82, 2.24) is 19.4 Å². The number of hydrogen-bond donors (Lipinski definition) is 0. The van der Waals surface area contributed by atoms with Crippen molar-refractivity contribution in [1.29, 1.82) is 0 Å². The summed E-state index contributed by atoms with van der Waals surface area (Å²) in [4.78, 5) is 28.3. The summed E-state index contributed by atoms with van der Waals surface area (Å²) in [5.41, 5.74) is 4.42. The third-order valence-electron chi connectivity index (χ3n) is 8.11. The molecule has 6 heteroatoms. The molecule has 6 rings (SSSR count). The second kappa shape index (κ2) is 11.5. The predicted molar refractivity (Wildman–Crippen MR) is 154 cm³/mol. The van der Waals surface area contributed by atoms with E-state index in [1.165, 1.54) is 5.39 Å². The molecule has 0 amide bonds. The van der Waals surface area contributed by atoms with Crippen molar-refractivity contribution in [2.75, 3.05) is 37.6 Å². The molecule has 0 atom stereocenters. The average Bonchev–Trinajstić information content (AvgIpc) is 2.98. The molecule has 2 aliphatic rings. The van der Waals surface area contributed by atoms with Gasteiger partial charge in [0, 0.05) is 43.5 Å². The minimum absolute atomic E-state index is 0.187. The zero-order chi connectivity index (χ0) is 25.7. The van der Waals surface area contributed by atoms with E-state index in [2.05, 4.69) is 58.3 Å². The van der Waals surface area contributed by atoms with E-state index < -0.39 is 0 Å². The number of anilines is 1. The number of aromatic nitrogens is 3. The molecule has 2 aromatic carbocycles. The van der Waals surface area contributed by atoms with Crippen LogP contribution in [0.5, 0.6) is 0 Å². The SMILES string of the molecule is O=c1c2c(nc(CCCCN3CCN(c4ccc5ccccc5n4)CC3)n1Cc1ccccc1)CCCC2. The van der Waals surface area contributed by atoms with Crippen LogP contribution in [-0.4, -0.2) is 52.2 Å². The number of aryl methyl sites for hydroxylation is 2. The summed E-state index contributed by atoms with van der Waals surface area (Å²) in [6, 6.07) is 23.0. The lowest BCUT2D eigenvalue weighted by Gasteiger charge is -2.35. The fraction of sp³-hybridized carbons (Fsp3) is 0.406. The van der Waals surface area contributed by atoms with Crippen LogP contribution in [0.4, 0.5) is 5.82 Å². The van der Waals surface area contributed by atoms with Crippen molar-refractivity contribution in [2.45, 2.75) is 51.5 Å². The van der Waals surface area contributed by atoms with Gasteiger partial charge in [0.15, 0.2) is 0 Å². The highest BCUT2D eigenvalue weighted by Gasteiger charge is 2.20. The Balaban J connectivity index is 1.05. The van der Waals surface area contributed by atoms with Gasteiger partial charge in [0.25, 0.3) is 5.56 Å². The zero-order valence-electron chi connectivity index (χ0n) is 22.2. The number of pyridine rings is 1. The van der Waals surface area contributed by atoms with Gasteiger partial charge in [0.2, 0.25) is 0 Å². The Hall–Kier alpha value is -3.51. The van der Waals surface area contributed by atoms with Crippen molar-refractivity contribution in [3.05, 3.63) is 99.7 Å². The fourth-order valence-electron chi connectivity index (χ4n) is 5.91. The van der Waals surface area contributed by atoms with Gasteiger partial charge in [0.05, 0.1) is 17.8 Å². The maximum absolute atomic E-state index is 13.4. The average molecular weight is 508 g/mol. The molecule has 1 aliphatic carbocycles. The van der Waals surface area contributed by atoms with E-state index in [1.54, 1.807) is 0 Å². The van der Waals surface area contributed by atoms with Gasteiger partial charge in [-0.25, -0.2) is 9.97 Å². The summed E-state index contributed by atoms with van der Waals surface area (Å²) in [5, 5.41) is 1.19. The molecule has 3 heterocycles. The molecule has 2 aromatic heterocycles. The molecule has 0 spiro atoms. The molecule has 0 saturated carbocycles. The number of hydrogen-bond acceptors (Lipinski definition) is 5. The molecule has 4 aromatic rings. The van der Waals surface area contributed by atoms with Crippen molar-refractivity contribution in [2.24, 2.45) is 0 Å². The summed E-state index contributed by atoms with van der Waals surface area (Å²) in [7, 11) is 0. The zero-order valence-corrected chi connectivity index (χ0v) is 22.2. The van der Waals surface area contributed by atoms with Gasteiger partial charge < -0.3 is 4.90 Å². The van der Waals surface area contributed by atoms with E-state index in [9.17, 15) is 4.79 Å². The van der Waals surface area contributed by atoms with Crippen LogP contribution in [0.15, 0.2) is 71.5 Å². The first kappa shape index (κ1) is 24.8. The molecular formula is C32H37N5O. The van der Waals surface area contributed by atoms with E-state index in [0.717, 1.165) is 112 Å². The van der Waals surface area contributed by atoms with Crippen LogP contribution in [0.2, 0.25) is 0 Å². The normalized spacial score (nSPS) is 16.1. The Bertz CT molecular complexity index is 1440. The molecule has 1 aliphatic heterocycles. The van der Waals surface area contributed by atoms with Crippen molar-refractivity contribution >= 4 is 16.7 Å². The molecule has 0 radical (unpaired) electrons. The van der Waals surface area contributed by atoms with Gasteiger partial charge in [-0.1, -0.05) is 48.5 Å². The van der Waals surface area contributed by atoms with E-state index >= 15 is 0 Å². The van der Waals surface area contributed by atoms with E-state index in [4.69, 9.17) is 9.97 Å². The Morgan fingerprint density at radius 3 is 2.42 bits per heavy atom. The standard InChI is InChI=1S/C32H37N5O/c38-32-27-13-5-7-15-29(27)34-31(37(32)24-25-10-2-1-3-11-25)16-8-9-19-35-20-22-36(23-21-35)30-18-17-26-12-4-6-14-28(26)33-30/h1-4,6,10-12,14,17-18H,5,7-9,13,15-16,19-24H2. The van der Waals surface area contributed by atoms with Gasteiger partial charge in [0.1, 0.15) is 11.6 Å². The second-order valence-electron chi connectivity index (χ2n) is 10.7. The van der Waals surface area contributed by atoms with Crippen LogP contribution < -0.4 is 10.5 Å². The lowest BCUT2D eigenvalue weighted by Crippen LogP contribution is -2.46. The molecule has 1 saturated heterocycles. The second-order valence-corrected chi connectivity index (χ2v) is 10.7. The summed E-state index contributed by atoms with van der Waals surface area (Å²) in [6.45, 7) is 5.84. The molecule has 196 valence electrons. The lowest BCUT2D eigenvalue weighted by atomic mass is 9.96. The van der Waals surface area contributed by atoms with Crippen molar-refractivity contribution < 1.29 is 0 Å². The minimum Gasteiger partial charge on any atom is -0.354 e. The van der Waals surface area contributed by atoms with E-state index in [1.807, 2.05) is 22.8 Å². The van der Waals surface area contributed by atoms with Crippen molar-refractivity contribution in [3.8, 4) is 0 Å². The van der Waals surface area contributed by atoms with Crippen LogP contribution in [0.3, 0.4) is 0 Å². The molecule has 38 heavy (non-hydrogen) atoms. The molecule has 6 nitrogen and oxygen atoms in total. The number of rotatable bonds is 8. The number of para-hydroxylation sites is 1. The highest BCUT2D eigenvalue weighted by molar-refractivity contribution is 5.80. The lowest BCUT2D eigenvalue weighted by molar-refractivity contribution is 0.252. The van der Waals surface area contributed by atoms with Gasteiger partial charge in [-0.3, -0.25) is 14.3 Å². The first-order valence-corrected chi connectivity index (χ1v) is 14.2. The van der Waals surface area contributed by atoms with Gasteiger partial charge in [-0.15, -0.1) is 0 Å². The maximum Gasteiger partial charge on any atom is 0.257 e. The largest absolute Gasteiger partial charge is 0.354 e. The quantitative estimate of drug-likeness (QED) is 0.319. The fourth-order valence-corrected chi connectivity index (χ4v) is 5.91. The van der Waals surface area contributed by atoms with E-state index in [-0.39, 0.29) is 5.56 Å².